The lowest BCUT2D eigenvalue weighted by molar-refractivity contribution is -0.0869. The first kappa shape index (κ1) is 13.5. The fourth-order valence-corrected chi connectivity index (χ4v) is 2.12. The maximum atomic E-state index is 5.60. The molecule has 1 aliphatic rings. The molecule has 0 bridgehead atoms. The molecule has 1 saturated heterocycles. The molecule has 2 atom stereocenters. The molecule has 1 aromatic rings. The van der Waals surface area contributed by atoms with Gasteiger partial charge in [0.15, 0.2) is 0 Å². The first-order chi connectivity index (χ1) is 8.84. The molecule has 0 aromatic heterocycles. The van der Waals surface area contributed by atoms with Crippen LogP contribution >= 0.6 is 0 Å². The summed E-state index contributed by atoms with van der Waals surface area (Å²) in [6.07, 6.45) is 2.49. The summed E-state index contributed by atoms with van der Waals surface area (Å²) in [5, 5.41) is 3.52. The molecule has 1 fully saturated rings. The second-order valence-electron chi connectivity index (χ2n) is 4.90. The molecule has 3 nitrogen and oxygen atoms in total. The minimum Gasteiger partial charge on any atom is -0.376 e. The van der Waals surface area contributed by atoms with Gasteiger partial charge in [-0.2, -0.15) is 0 Å². The zero-order valence-electron chi connectivity index (χ0n) is 11.1. The van der Waals surface area contributed by atoms with Gasteiger partial charge in [-0.15, -0.1) is 0 Å². The van der Waals surface area contributed by atoms with Gasteiger partial charge >= 0.3 is 0 Å². The fraction of sp³-hybridized carbons (Fsp3) is 0.600. The van der Waals surface area contributed by atoms with Gasteiger partial charge in [0.2, 0.25) is 0 Å². The maximum absolute atomic E-state index is 5.60. The van der Waals surface area contributed by atoms with Crippen LogP contribution in [0.15, 0.2) is 30.3 Å². The van der Waals surface area contributed by atoms with Crippen LogP contribution in [-0.4, -0.2) is 38.5 Å². The number of ether oxygens (including phenoxy) is 2. The van der Waals surface area contributed by atoms with Crippen molar-refractivity contribution in [2.24, 2.45) is 0 Å². The molecular formula is C15H23NO2. The molecule has 0 aliphatic carbocycles. The van der Waals surface area contributed by atoms with Crippen LogP contribution in [0, 0.1) is 0 Å². The summed E-state index contributed by atoms with van der Waals surface area (Å²) in [4.78, 5) is 0. The van der Waals surface area contributed by atoms with Crippen molar-refractivity contribution >= 4 is 0 Å². The third kappa shape index (κ3) is 4.77. The maximum Gasteiger partial charge on any atom is 0.0933 e. The Labute approximate surface area is 109 Å². The number of rotatable bonds is 6. The van der Waals surface area contributed by atoms with E-state index in [-0.39, 0.29) is 6.10 Å². The van der Waals surface area contributed by atoms with Crippen molar-refractivity contribution in [3.05, 3.63) is 35.9 Å². The molecular weight excluding hydrogens is 226 g/mol. The van der Waals surface area contributed by atoms with E-state index >= 15 is 0 Å². The van der Waals surface area contributed by atoms with Gasteiger partial charge < -0.3 is 14.8 Å². The Balaban J connectivity index is 1.61. The second kappa shape index (κ2) is 7.52. The molecule has 0 amide bonds. The van der Waals surface area contributed by atoms with E-state index in [1.54, 1.807) is 0 Å². The lowest BCUT2D eigenvalue weighted by Crippen LogP contribution is -2.40. The van der Waals surface area contributed by atoms with E-state index in [0.717, 1.165) is 39.2 Å². The Hall–Kier alpha value is -0.900. The molecule has 0 radical (unpaired) electrons. The molecule has 0 spiro atoms. The zero-order valence-corrected chi connectivity index (χ0v) is 11.1. The third-order valence-corrected chi connectivity index (χ3v) is 3.29. The minimum absolute atomic E-state index is 0.220. The standard InChI is InChI=1S/C15H23NO2/c1-13(7-8-14-5-3-2-4-6-14)16-11-15-12-17-9-10-18-15/h2-6,13,15-16H,7-12H2,1H3. The van der Waals surface area contributed by atoms with Crippen molar-refractivity contribution in [2.75, 3.05) is 26.4 Å². The van der Waals surface area contributed by atoms with Crippen molar-refractivity contribution in [3.8, 4) is 0 Å². The van der Waals surface area contributed by atoms with Gasteiger partial charge in [0, 0.05) is 12.6 Å². The van der Waals surface area contributed by atoms with E-state index in [0.29, 0.717) is 6.04 Å². The molecule has 0 saturated carbocycles. The predicted octanol–water partition coefficient (Wildman–Crippen LogP) is 2.01. The van der Waals surface area contributed by atoms with Gasteiger partial charge in [-0.05, 0) is 25.3 Å². The van der Waals surface area contributed by atoms with Gasteiger partial charge in [-0.3, -0.25) is 0 Å². The average Bonchev–Trinajstić information content (AvgIpc) is 2.45. The summed E-state index contributed by atoms with van der Waals surface area (Å²) >= 11 is 0. The van der Waals surface area contributed by atoms with Crippen LogP contribution in [0.25, 0.3) is 0 Å². The smallest absolute Gasteiger partial charge is 0.0933 e. The van der Waals surface area contributed by atoms with Crippen molar-refractivity contribution in [1.82, 2.24) is 5.32 Å². The van der Waals surface area contributed by atoms with Crippen LogP contribution in [0.2, 0.25) is 0 Å². The fourth-order valence-electron chi connectivity index (χ4n) is 2.12. The molecule has 1 heterocycles. The van der Waals surface area contributed by atoms with Crippen LogP contribution < -0.4 is 5.32 Å². The number of hydrogen-bond donors (Lipinski definition) is 1. The van der Waals surface area contributed by atoms with Crippen molar-refractivity contribution in [1.29, 1.82) is 0 Å². The predicted molar refractivity (Wildman–Crippen MR) is 72.8 cm³/mol. The SMILES string of the molecule is CC(CCc1ccccc1)NCC1COCCO1. The molecule has 100 valence electrons. The summed E-state index contributed by atoms with van der Waals surface area (Å²) in [7, 11) is 0. The Kier molecular flexibility index (Phi) is 5.65. The summed E-state index contributed by atoms with van der Waals surface area (Å²) in [6.45, 7) is 5.30. The normalized spacial score (nSPS) is 21.7. The summed E-state index contributed by atoms with van der Waals surface area (Å²) in [5.41, 5.74) is 1.41. The van der Waals surface area contributed by atoms with E-state index in [1.165, 1.54) is 5.56 Å². The van der Waals surface area contributed by atoms with Gasteiger partial charge in [0.25, 0.3) is 0 Å². The number of nitrogens with one attached hydrogen (secondary N) is 1. The lowest BCUT2D eigenvalue weighted by atomic mass is 10.1. The minimum atomic E-state index is 0.220. The molecule has 3 heteroatoms. The topological polar surface area (TPSA) is 30.5 Å². The summed E-state index contributed by atoms with van der Waals surface area (Å²) in [5.74, 6) is 0. The van der Waals surface area contributed by atoms with Crippen LogP contribution in [0.5, 0.6) is 0 Å². The van der Waals surface area contributed by atoms with Crippen LogP contribution in [0.4, 0.5) is 0 Å². The highest BCUT2D eigenvalue weighted by atomic mass is 16.6. The number of aryl methyl sites for hydroxylation is 1. The Morgan fingerprint density at radius 3 is 2.83 bits per heavy atom. The monoisotopic (exact) mass is 249 g/mol. The van der Waals surface area contributed by atoms with Crippen molar-refractivity contribution in [3.63, 3.8) is 0 Å². The Morgan fingerprint density at radius 2 is 2.11 bits per heavy atom. The highest BCUT2D eigenvalue weighted by Gasteiger charge is 2.14. The largest absolute Gasteiger partial charge is 0.376 e. The van der Waals surface area contributed by atoms with Gasteiger partial charge in [-0.25, -0.2) is 0 Å². The molecule has 1 aromatic carbocycles. The van der Waals surface area contributed by atoms with E-state index in [9.17, 15) is 0 Å². The van der Waals surface area contributed by atoms with Crippen LogP contribution in [0.1, 0.15) is 18.9 Å². The van der Waals surface area contributed by atoms with Crippen molar-refractivity contribution in [2.45, 2.75) is 31.9 Å². The van der Waals surface area contributed by atoms with Gasteiger partial charge in [0.1, 0.15) is 0 Å². The molecule has 18 heavy (non-hydrogen) atoms. The summed E-state index contributed by atoms with van der Waals surface area (Å²) < 4.78 is 11.0. The second-order valence-corrected chi connectivity index (χ2v) is 4.90. The Morgan fingerprint density at radius 1 is 1.28 bits per heavy atom. The molecule has 1 aliphatic heterocycles. The average molecular weight is 249 g/mol. The van der Waals surface area contributed by atoms with Gasteiger partial charge in [0.05, 0.1) is 25.9 Å². The molecule has 2 unspecified atom stereocenters. The first-order valence-electron chi connectivity index (χ1n) is 6.81. The highest BCUT2D eigenvalue weighted by Crippen LogP contribution is 2.05. The third-order valence-electron chi connectivity index (χ3n) is 3.29. The number of hydrogen-bond acceptors (Lipinski definition) is 3. The molecule has 2 rings (SSSR count). The zero-order chi connectivity index (χ0) is 12.6. The van der Waals surface area contributed by atoms with E-state index < -0.39 is 0 Å². The summed E-state index contributed by atoms with van der Waals surface area (Å²) in [6, 6.07) is 11.1. The quantitative estimate of drug-likeness (QED) is 0.836. The molecule has 1 N–H and O–H groups in total. The van der Waals surface area contributed by atoms with E-state index in [2.05, 4.69) is 42.6 Å². The van der Waals surface area contributed by atoms with E-state index in [1.807, 2.05) is 0 Å². The Bertz CT molecular complexity index is 323. The first-order valence-corrected chi connectivity index (χ1v) is 6.81. The van der Waals surface area contributed by atoms with Gasteiger partial charge in [-0.1, -0.05) is 30.3 Å². The van der Waals surface area contributed by atoms with Crippen molar-refractivity contribution < 1.29 is 9.47 Å². The highest BCUT2D eigenvalue weighted by molar-refractivity contribution is 5.14. The number of benzene rings is 1. The van der Waals surface area contributed by atoms with E-state index in [4.69, 9.17) is 9.47 Å². The van der Waals surface area contributed by atoms with Crippen LogP contribution in [-0.2, 0) is 15.9 Å². The van der Waals surface area contributed by atoms with Crippen LogP contribution in [0.3, 0.4) is 0 Å². The lowest BCUT2D eigenvalue weighted by Gasteiger charge is -2.25.